The van der Waals surface area contributed by atoms with E-state index in [0.717, 1.165) is 59.1 Å². The normalized spacial score (nSPS) is 12.7. The fourth-order valence-electron chi connectivity index (χ4n) is 4.80. The van der Waals surface area contributed by atoms with Crippen LogP contribution < -0.4 is 5.32 Å². The van der Waals surface area contributed by atoms with E-state index in [0.29, 0.717) is 5.56 Å². The molecule has 0 aromatic carbocycles. The quantitative estimate of drug-likeness (QED) is 0.190. The molecule has 0 aliphatic carbocycles. The van der Waals surface area contributed by atoms with Crippen molar-refractivity contribution in [2.75, 3.05) is 12.4 Å². The molecule has 7 heteroatoms. The molecular formula is C33H46F2N4O. The Kier molecular flexibility index (Phi) is 12.1. The van der Waals surface area contributed by atoms with E-state index >= 15 is 0 Å². The minimum Gasteiger partial charge on any atom is -0.501 e. The molecule has 3 rings (SSSR count). The summed E-state index contributed by atoms with van der Waals surface area (Å²) in [7, 11) is 1.65. The van der Waals surface area contributed by atoms with Crippen LogP contribution in [0, 0.1) is 6.92 Å². The average molecular weight is 553 g/mol. The van der Waals surface area contributed by atoms with E-state index in [9.17, 15) is 8.78 Å². The summed E-state index contributed by atoms with van der Waals surface area (Å²) >= 11 is 0. The lowest BCUT2D eigenvalue weighted by molar-refractivity contribution is 0.0118. The zero-order valence-electron chi connectivity index (χ0n) is 25.8. The zero-order valence-corrected chi connectivity index (χ0v) is 25.8. The molecule has 5 nitrogen and oxygen atoms in total. The number of hydrogen-bond acceptors (Lipinski definition) is 4. The first kappa shape index (κ1) is 32.7. The van der Waals surface area contributed by atoms with Crippen LogP contribution in [0.15, 0.2) is 54.5 Å². The van der Waals surface area contributed by atoms with Gasteiger partial charge in [-0.3, -0.25) is 4.98 Å². The van der Waals surface area contributed by atoms with E-state index < -0.39 is 5.92 Å². The van der Waals surface area contributed by atoms with E-state index in [2.05, 4.69) is 55.6 Å². The number of aryl methyl sites for hydroxylation is 1. The van der Waals surface area contributed by atoms with E-state index in [-0.39, 0.29) is 18.3 Å². The Bertz CT molecular complexity index is 1360. The van der Waals surface area contributed by atoms with Crippen LogP contribution >= 0.6 is 0 Å². The first-order valence-corrected chi connectivity index (χ1v) is 14.2. The van der Waals surface area contributed by atoms with E-state index in [4.69, 9.17) is 9.72 Å². The van der Waals surface area contributed by atoms with Crippen LogP contribution in [-0.2, 0) is 23.6 Å². The van der Waals surface area contributed by atoms with Crippen LogP contribution in [0.5, 0.6) is 0 Å². The van der Waals surface area contributed by atoms with Gasteiger partial charge in [0.15, 0.2) is 0 Å². The van der Waals surface area contributed by atoms with Gasteiger partial charge in [-0.2, -0.15) is 8.78 Å². The lowest BCUT2D eigenvalue weighted by Crippen LogP contribution is -2.15. The lowest BCUT2D eigenvalue weighted by atomic mass is 10.1. The molecule has 3 aromatic rings. The van der Waals surface area contributed by atoms with Crippen molar-refractivity contribution in [1.82, 2.24) is 14.5 Å². The van der Waals surface area contributed by atoms with E-state index in [1.807, 2.05) is 45.1 Å². The van der Waals surface area contributed by atoms with Gasteiger partial charge in [0.1, 0.15) is 11.5 Å². The van der Waals surface area contributed by atoms with Gasteiger partial charge in [0.25, 0.3) is 5.92 Å². The number of fused-ring (bicyclic) bond motifs is 1. The first-order valence-electron chi connectivity index (χ1n) is 14.2. The summed E-state index contributed by atoms with van der Waals surface area (Å²) in [5, 5.41) is 3.47. The molecule has 1 N–H and O–H groups in total. The van der Waals surface area contributed by atoms with Crippen LogP contribution in [0.1, 0.15) is 96.1 Å². The summed E-state index contributed by atoms with van der Waals surface area (Å²) < 4.78 is 36.5. The third-order valence-corrected chi connectivity index (χ3v) is 6.65. The van der Waals surface area contributed by atoms with E-state index in [1.54, 1.807) is 19.2 Å². The topological polar surface area (TPSA) is 52.0 Å². The third kappa shape index (κ3) is 7.38. The predicted molar refractivity (Wildman–Crippen MR) is 165 cm³/mol. The number of anilines is 1. The first-order chi connectivity index (χ1) is 19.0. The van der Waals surface area contributed by atoms with Crippen LogP contribution in [0.25, 0.3) is 16.6 Å². The lowest BCUT2D eigenvalue weighted by Gasteiger charge is -2.19. The van der Waals surface area contributed by atoms with Crippen molar-refractivity contribution in [2.24, 2.45) is 0 Å². The number of nitrogens with one attached hydrogen (secondary N) is 1. The number of alkyl halides is 2. The Hall–Kier alpha value is -3.48. The number of rotatable bonds is 11. The predicted octanol–water partition coefficient (Wildman–Crippen LogP) is 9.53. The second-order valence-electron chi connectivity index (χ2n) is 9.76. The van der Waals surface area contributed by atoms with Crippen molar-refractivity contribution < 1.29 is 13.5 Å². The maximum Gasteiger partial charge on any atom is 0.287 e. The van der Waals surface area contributed by atoms with Gasteiger partial charge in [0.2, 0.25) is 0 Å². The highest BCUT2D eigenvalue weighted by molar-refractivity contribution is 5.95. The standard InChI is InChI=1S/C31H40F2N4O.C2H6/c1-9-11-12-13-16-24(22(6)38-8)25-18-26(35-19-23-15-14-17-34-30(23)31(7,32)33)29-28(36-25)21(5)27(10-2)37(29)20(3)4;1-2/h11-18,20H,9-10,19H2,1-8H3,(H,35,36);1-2H3/b12-11+,16-13-,24-22-;. The molecular weight excluding hydrogens is 506 g/mol. The Labute approximate surface area is 239 Å². The number of nitrogens with zero attached hydrogens (tertiary/aromatic N) is 3. The van der Waals surface area contributed by atoms with Crippen molar-refractivity contribution >= 4 is 22.3 Å². The summed E-state index contributed by atoms with van der Waals surface area (Å²) in [4.78, 5) is 9.10. The maximum absolute atomic E-state index is 14.3. The number of hydrogen-bond donors (Lipinski definition) is 1. The third-order valence-electron chi connectivity index (χ3n) is 6.65. The number of ether oxygens (including phenoxy) is 1. The number of allylic oxidation sites excluding steroid dienone is 6. The molecule has 0 spiro atoms. The second kappa shape index (κ2) is 14.8. The van der Waals surface area contributed by atoms with Crippen LogP contribution in [0.4, 0.5) is 14.5 Å². The van der Waals surface area contributed by atoms with Crippen molar-refractivity contribution in [3.8, 4) is 0 Å². The fourth-order valence-corrected chi connectivity index (χ4v) is 4.80. The molecule has 0 radical (unpaired) electrons. The molecule has 0 saturated carbocycles. The van der Waals surface area contributed by atoms with Gasteiger partial charge in [-0.25, -0.2) is 4.98 Å². The molecule has 0 bridgehead atoms. The summed E-state index contributed by atoms with van der Waals surface area (Å²) in [5.74, 6) is -2.30. The van der Waals surface area contributed by atoms with Crippen LogP contribution in [0.2, 0.25) is 0 Å². The number of methoxy groups -OCH3 is 1. The minimum atomic E-state index is -3.04. The fraction of sp³-hybridized carbons (Fsp3) is 0.455. The Balaban J connectivity index is 0.00000274. The summed E-state index contributed by atoms with van der Waals surface area (Å²) in [6, 6.07) is 5.57. The van der Waals surface area contributed by atoms with Crippen molar-refractivity contribution in [1.29, 1.82) is 0 Å². The second-order valence-corrected chi connectivity index (χ2v) is 9.76. The molecule has 0 aliphatic heterocycles. The van der Waals surface area contributed by atoms with Gasteiger partial charge in [0, 0.05) is 37.0 Å². The van der Waals surface area contributed by atoms with Gasteiger partial charge in [-0.15, -0.1) is 0 Å². The SMILES string of the molecule is CC.CC/C=C/C=C\C(=C(/C)OC)c1cc(NCc2cccnc2C(C)(F)F)c2c(n1)c(C)c(CC)n2C(C)C. The molecule has 40 heavy (non-hydrogen) atoms. The summed E-state index contributed by atoms with van der Waals surface area (Å²) in [6.07, 6.45) is 11.3. The largest absolute Gasteiger partial charge is 0.501 e. The molecule has 3 heterocycles. The highest BCUT2D eigenvalue weighted by atomic mass is 19.3. The van der Waals surface area contributed by atoms with Crippen molar-refractivity contribution in [2.45, 2.75) is 93.7 Å². The molecule has 218 valence electrons. The van der Waals surface area contributed by atoms with Crippen LogP contribution in [0.3, 0.4) is 0 Å². The molecule has 0 unspecified atom stereocenters. The maximum atomic E-state index is 14.3. The summed E-state index contributed by atoms with van der Waals surface area (Å²) in [6.45, 7) is 17.6. The Morgan fingerprint density at radius 3 is 2.48 bits per heavy atom. The van der Waals surface area contributed by atoms with E-state index in [1.165, 1.54) is 11.9 Å². The Morgan fingerprint density at radius 1 is 1.20 bits per heavy atom. The molecule has 0 saturated heterocycles. The van der Waals surface area contributed by atoms with Gasteiger partial charge in [-0.1, -0.05) is 52.0 Å². The number of aromatic nitrogens is 3. The monoisotopic (exact) mass is 552 g/mol. The molecule has 0 atom stereocenters. The molecule has 3 aromatic heterocycles. The number of halogens is 2. The summed E-state index contributed by atoms with van der Waals surface area (Å²) in [5.41, 5.74) is 6.86. The molecule has 0 aliphatic rings. The highest BCUT2D eigenvalue weighted by Crippen LogP contribution is 2.36. The van der Waals surface area contributed by atoms with Gasteiger partial charge in [0.05, 0.1) is 29.5 Å². The average Bonchev–Trinajstić information content (AvgIpc) is 3.23. The van der Waals surface area contributed by atoms with Crippen molar-refractivity contribution in [3.05, 3.63) is 82.7 Å². The smallest absolute Gasteiger partial charge is 0.287 e. The molecule has 0 fully saturated rings. The Morgan fingerprint density at radius 2 is 1.90 bits per heavy atom. The number of pyridine rings is 2. The van der Waals surface area contributed by atoms with Crippen LogP contribution in [-0.4, -0.2) is 21.6 Å². The van der Waals surface area contributed by atoms with Gasteiger partial charge < -0.3 is 14.6 Å². The molecule has 0 amide bonds. The zero-order chi connectivity index (χ0) is 30.0. The minimum absolute atomic E-state index is 0.193. The van der Waals surface area contributed by atoms with Crippen molar-refractivity contribution in [3.63, 3.8) is 0 Å². The van der Waals surface area contributed by atoms with Gasteiger partial charge >= 0.3 is 0 Å². The van der Waals surface area contributed by atoms with Gasteiger partial charge in [-0.05, 0) is 69.9 Å². The highest BCUT2D eigenvalue weighted by Gasteiger charge is 2.29.